The lowest BCUT2D eigenvalue weighted by Gasteiger charge is -2.51. The van der Waals surface area contributed by atoms with E-state index in [0.717, 1.165) is 77.5 Å². The van der Waals surface area contributed by atoms with Gasteiger partial charge in [0.25, 0.3) is 0 Å². The zero-order chi connectivity index (χ0) is 50.1. The number of ether oxygens (including phenoxy) is 5. The predicted molar refractivity (Wildman–Crippen MR) is 275 cm³/mol. The van der Waals surface area contributed by atoms with Crippen molar-refractivity contribution in [3.8, 4) is 0 Å². The predicted octanol–water partition coefficient (Wildman–Crippen LogP) is 4.86. The molecule has 4 aliphatic carbocycles. The van der Waals surface area contributed by atoms with Crippen LogP contribution in [0.5, 0.6) is 0 Å². The lowest BCUT2D eigenvalue weighted by Crippen LogP contribution is -2.53. The molecule has 70 heavy (non-hydrogen) atoms. The Kier molecular flexibility index (Phi) is 25.4. The number of nitrogens with zero attached hydrogens (tertiary/aromatic N) is 2. The molecule has 0 aromatic carbocycles. The van der Waals surface area contributed by atoms with Crippen molar-refractivity contribution in [2.24, 2.45) is 47.3 Å². The van der Waals surface area contributed by atoms with E-state index in [1.54, 1.807) is 0 Å². The van der Waals surface area contributed by atoms with Crippen LogP contribution < -0.4 is 20.2 Å². The first-order valence-corrected chi connectivity index (χ1v) is 30.9. The molecule has 4 saturated carbocycles. The largest absolute Gasteiger partial charge is 0.378 e. The van der Waals surface area contributed by atoms with Gasteiger partial charge in [0.2, 0.25) is 20.0 Å². The molecular weight excluding hydrogens is 1030 g/mol. The first-order chi connectivity index (χ1) is 33.6. The van der Waals surface area contributed by atoms with Gasteiger partial charge in [0.15, 0.2) is 0 Å². The molecule has 4 N–H and O–H groups in total. The summed E-state index contributed by atoms with van der Waals surface area (Å²) in [6.45, 7) is 8.13. The van der Waals surface area contributed by atoms with Gasteiger partial charge in [-0.25, -0.2) is 26.4 Å². The van der Waals surface area contributed by atoms with Crippen LogP contribution in [-0.2, 0) is 48.6 Å². The minimum Gasteiger partial charge on any atom is -0.378 e. The summed E-state index contributed by atoms with van der Waals surface area (Å²) < 4.78 is 82.5. The molecule has 0 bridgehead atoms. The summed E-state index contributed by atoms with van der Waals surface area (Å²) in [7, 11) is -2.70. The normalized spacial score (nSPS) is 34.7. The molecule has 2 saturated heterocycles. The van der Waals surface area contributed by atoms with Crippen molar-refractivity contribution >= 4 is 72.5 Å². The van der Waals surface area contributed by atoms with Crippen LogP contribution >= 0.6 is 46.4 Å². The molecule has 8 unspecified atom stereocenters. The minimum atomic E-state index is -3.61. The Morgan fingerprint density at radius 3 is 1.29 bits per heavy atom. The first kappa shape index (κ1) is 59.2. The van der Waals surface area contributed by atoms with Crippen LogP contribution in [0.4, 0.5) is 4.79 Å². The lowest BCUT2D eigenvalue weighted by atomic mass is 9.63. The molecule has 23 heteroatoms. The highest BCUT2D eigenvalue weighted by atomic mass is 35.5. The standard InChI is InChI=1S/C47H84Cl4N6O11S2/c1-56-29-41(39-25-35(48)27-45(50)43(39)31-56)33-3-7-37(8-4-33)69(59,60)54-13-16-65-19-21-66-20-17-63-14-11-52-47(58)53-12-15-64-18-22-67-23-24-68-55-70(61,62)38-9-5-34(6-10-38)42-30-57(2)32-44-40(42)26-36(49)28-46(44)51/h33-46,54-55H,3-32H2,1-2H3,(H2,52,53,58)/t33?,34?,35?,36?,37?,38?,39?,40?,41-,42-,43?,44?,45?,46?/m0/s1. The van der Waals surface area contributed by atoms with Crippen LogP contribution in [-0.4, -0.2) is 197 Å². The molecule has 2 heterocycles. The monoisotopic (exact) mass is 1110 g/mol. The van der Waals surface area contributed by atoms with Crippen LogP contribution in [0.15, 0.2) is 0 Å². The van der Waals surface area contributed by atoms with E-state index in [4.69, 9.17) is 74.9 Å². The summed E-state index contributed by atoms with van der Waals surface area (Å²) in [6.07, 6.45) is 9.88. The van der Waals surface area contributed by atoms with Gasteiger partial charge >= 0.3 is 6.03 Å². The van der Waals surface area contributed by atoms with Crippen molar-refractivity contribution in [1.29, 1.82) is 0 Å². The second-order valence-corrected chi connectivity index (χ2v) is 27.2. The van der Waals surface area contributed by atoms with Gasteiger partial charge in [-0.1, -0.05) is 4.89 Å². The van der Waals surface area contributed by atoms with Crippen molar-refractivity contribution in [2.45, 2.75) is 109 Å². The molecule has 0 spiro atoms. The minimum absolute atomic E-state index is 0.0730. The summed E-state index contributed by atoms with van der Waals surface area (Å²) in [5.74, 6) is 3.92. The number of halogens is 4. The third kappa shape index (κ3) is 18.6. The summed E-state index contributed by atoms with van der Waals surface area (Å²) in [6, 6.07) is -0.333. The Morgan fingerprint density at radius 2 is 0.843 bits per heavy atom. The Balaban J connectivity index is 0.669. The second-order valence-electron chi connectivity index (χ2n) is 20.8. The topological polar surface area (TPSA) is 195 Å². The molecule has 0 aromatic heterocycles. The quantitative estimate of drug-likeness (QED) is 0.0472. The van der Waals surface area contributed by atoms with E-state index in [2.05, 4.69) is 44.1 Å². The second kappa shape index (κ2) is 30.0. The third-order valence-electron chi connectivity index (χ3n) is 16.0. The van der Waals surface area contributed by atoms with Crippen LogP contribution in [0.25, 0.3) is 0 Å². The van der Waals surface area contributed by atoms with E-state index in [0.29, 0.717) is 139 Å². The molecule has 2 aliphatic heterocycles. The Hall–Kier alpha value is -0.0700. The summed E-state index contributed by atoms with van der Waals surface area (Å²) in [5.41, 5.74) is 0. The molecule has 10 atom stereocenters. The van der Waals surface area contributed by atoms with Gasteiger partial charge in [0.1, 0.15) is 0 Å². The van der Waals surface area contributed by atoms with Gasteiger partial charge in [-0.3, -0.25) is 4.84 Å². The van der Waals surface area contributed by atoms with Crippen molar-refractivity contribution < 1.29 is 50.2 Å². The molecule has 17 nitrogen and oxygen atoms in total. The van der Waals surface area contributed by atoms with Crippen molar-refractivity contribution in [3.05, 3.63) is 0 Å². The highest BCUT2D eigenvalue weighted by Gasteiger charge is 2.49. The van der Waals surface area contributed by atoms with Gasteiger partial charge in [0, 0.05) is 67.3 Å². The van der Waals surface area contributed by atoms with E-state index in [-0.39, 0.29) is 59.2 Å². The van der Waals surface area contributed by atoms with Gasteiger partial charge in [-0.05, 0) is 138 Å². The molecule has 2 amide bonds. The number of carbonyl (C=O) groups excluding carboxylic acids is 1. The Bertz CT molecular complexity index is 1760. The van der Waals surface area contributed by atoms with Gasteiger partial charge in [-0.15, -0.1) is 46.4 Å². The van der Waals surface area contributed by atoms with Crippen LogP contribution in [0.1, 0.15) is 77.0 Å². The number of rotatable bonds is 28. The number of alkyl halides is 4. The van der Waals surface area contributed by atoms with Crippen LogP contribution in [0, 0.1) is 47.3 Å². The fraction of sp³-hybridized carbons (Fsp3) is 0.979. The van der Waals surface area contributed by atoms with Crippen LogP contribution in [0.2, 0.25) is 0 Å². The smallest absolute Gasteiger partial charge is 0.314 e. The average molecular weight is 1120 g/mol. The average Bonchev–Trinajstić information content (AvgIpc) is 3.32. The number of piperidine rings is 2. The maximum atomic E-state index is 13.1. The molecule has 6 fully saturated rings. The lowest BCUT2D eigenvalue weighted by molar-refractivity contribution is 0.00193. The third-order valence-corrected chi connectivity index (χ3v) is 21.4. The maximum absolute atomic E-state index is 13.1. The number of sulfonamides is 2. The number of urea groups is 1. The van der Waals surface area contributed by atoms with E-state index in [1.165, 1.54) is 0 Å². The highest BCUT2D eigenvalue weighted by Crippen LogP contribution is 2.50. The van der Waals surface area contributed by atoms with E-state index < -0.39 is 25.3 Å². The number of amides is 2. The fourth-order valence-corrected chi connectivity index (χ4v) is 17.3. The maximum Gasteiger partial charge on any atom is 0.314 e. The Morgan fingerprint density at radius 1 is 0.471 bits per heavy atom. The Labute approximate surface area is 439 Å². The molecule has 0 radical (unpaired) electrons. The summed E-state index contributed by atoms with van der Waals surface area (Å²) >= 11 is 26.8. The zero-order valence-corrected chi connectivity index (χ0v) is 46.2. The number of hydrogen-bond acceptors (Lipinski definition) is 13. The molecule has 6 aliphatic rings. The first-order valence-electron chi connectivity index (χ1n) is 26.1. The number of carbonyl (C=O) groups is 1. The number of likely N-dealkylation sites (tertiary alicyclic amines) is 2. The summed E-state index contributed by atoms with van der Waals surface area (Å²) in [4.78, 5) is 24.4. The van der Waals surface area contributed by atoms with E-state index in [9.17, 15) is 21.6 Å². The van der Waals surface area contributed by atoms with Crippen molar-refractivity contribution in [2.75, 3.05) is 133 Å². The number of nitrogens with one attached hydrogen (secondary N) is 4. The van der Waals surface area contributed by atoms with Gasteiger partial charge in [0.05, 0.1) is 83.2 Å². The highest BCUT2D eigenvalue weighted by molar-refractivity contribution is 7.90. The van der Waals surface area contributed by atoms with E-state index in [1.807, 2.05) is 0 Å². The fourth-order valence-electron chi connectivity index (χ4n) is 12.6. The molecule has 6 rings (SSSR count). The van der Waals surface area contributed by atoms with Gasteiger partial charge < -0.3 is 44.1 Å². The van der Waals surface area contributed by atoms with Gasteiger partial charge in [-0.2, -0.15) is 0 Å². The SMILES string of the molecule is CN1CC2C(Cl)CC(Cl)CC2[C@H](C2CCC(S(=O)(=O)NCCOCCOCCOCCNC(=O)NCCOCCOCCONS(=O)(=O)C3CCC([C@@H]4CN(C)CC5C(Cl)CC(Cl)CC54)CC3)CC2)C1. The number of hydrogen-bond donors (Lipinski definition) is 4. The molecule has 408 valence electrons. The van der Waals surface area contributed by atoms with E-state index >= 15 is 0 Å². The van der Waals surface area contributed by atoms with Crippen molar-refractivity contribution in [3.63, 3.8) is 0 Å². The van der Waals surface area contributed by atoms with Crippen molar-refractivity contribution in [1.82, 2.24) is 30.0 Å². The zero-order valence-electron chi connectivity index (χ0n) is 41.5. The summed E-state index contributed by atoms with van der Waals surface area (Å²) in [5, 5.41) is 5.04. The molecular formula is C47H84Cl4N6O11S2. The number of fused-ring (bicyclic) bond motifs is 2. The molecule has 0 aromatic rings. The van der Waals surface area contributed by atoms with Crippen LogP contribution in [0.3, 0.4) is 0 Å².